The maximum Gasteiger partial charge on any atom is 0.240 e. The van der Waals surface area contributed by atoms with E-state index < -0.39 is 5.41 Å². The van der Waals surface area contributed by atoms with Gasteiger partial charge in [-0.3, -0.25) is 4.79 Å². The SMILES string of the molecule is CC1(c2ccc(Cl)c(O)c2)C(=O)NC(Br)=C1C#N. The molecule has 2 N–H and O–H groups in total. The number of aromatic hydroxyl groups is 1. The first-order valence-corrected chi connectivity index (χ1v) is 6.19. The van der Waals surface area contributed by atoms with Crippen molar-refractivity contribution in [1.82, 2.24) is 5.32 Å². The van der Waals surface area contributed by atoms with Gasteiger partial charge in [-0.25, -0.2) is 0 Å². The fourth-order valence-corrected chi connectivity index (χ4v) is 2.66. The lowest BCUT2D eigenvalue weighted by molar-refractivity contribution is -0.122. The maximum atomic E-state index is 12.0. The van der Waals surface area contributed by atoms with Gasteiger partial charge in [-0.15, -0.1) is 0 Å². The normalized spacial score (nSPS) is 22.9. The largest absolute Gasteiger partial charge is 0.506 e. The first-order valence-electron chi connectivity index (χ1n) is 5.02. The smallest absolute Gasteiger partial charge is 0.240 e. The van der Waals surface area contributed by atoms with E-state index in [1.165, 1.54) is 12.1 Å². The number of benzene rings is 1. The highest BCUT2D eigenvalue weighted by Crippen LogP contribution is 2.41. The van der Waals surface area contributed by atoms with Gasteiger partial charge in [0.25, 0.3) is 0 Å². The molecule has 0 bridgehead atoms. The predicted molar refractivity (Wildman–Crippen MR) is 70.2 cm³/mol. The number of carbonyl (C=O) groups is 1. The van der Waals surface area contributed by atoms with Crippen LogP contribution in [0, 0.1) is 11.3 Å². The van der Waals surface area contributed by atoms with Gasteiger partial charge in [-0.1, -0.05) is 17.7 Å². The van der Waals surface area contributed by atoms with E-state index in [0.717, 1.165) is 0 Å². The van der Waals surface area contributed by atoms with E-state index in [9.17, 15) is 9.90 Å². The number of hydrogen-bond donors (Lipinski definition) is 2. The van der Waals surface area contributed by atoms with Crippen molar-refractivity contribution in [3.8, 4) is 11.8 Å². The zero-order valence-corrected chi connectivity index (χ0v) is 11.6. The van der Waals surface area contributed by atoms with Gasteiger partial charge >= 0.3 is 0 Å². The van der Waals surface area contributed by atoms with E-state index in [4.69, 9.17) is 16.9 Å². The molecule has 0 aromatic heterocycles. The topological polar surface area (TPSA) is 73.1 Å². The van der Waals surface area contributed by atoms with Crippen molar-refractivity contribution in [2.24, 2.45) is 0 Å². The van der Waals surface area contributed by atoms with Gasteiger partial charge in [0.1, 0.15) is 11.2 Å². The van der Waals surface area contributed by atoms with Crippen LogP contribution >= 0.6 is 27.5 Å². The highest BCUT2D eigenvalue weighted by molar-refractivity contribution is 9.11. The molecule has 1 amide bonds. The molecular formula is C12H8BrClN2O2. The van der Waals surface area contributed by atoms with Gasteiger partial charge in [0.15, 0.2) is 0 Å². The predicted octanol–water partition coefficient (Wildman–Crippen LogP) is 2.56. The molecule has 0 saturated carbocycles. The molecule has 1 unspecified atom stereocenters. The van der Waals surface area contributed by atoms with Crippen LogP contribution in [0.5, 0.6) is 5.75 Å². The van der Waals surface area contributed by atoms with Crippen molar-refractivity contribution >= 4 is 33.4 Å². The van der Waals surface area contributed by atoms with Crippen LogP contribution in [0.2, 0.25) is 5.02 Å². The molecule has 0 aliphatic carbocycles. The second-order valence-corrected chi connectivity index (χ2v) is 5.25. The number of halogens is 2. The monoisotopic (exact) mass is 326 g/mol. The Balaban J connectivity index is 2.64. The summed E-state index contributed by atoms with van der Waals surface area (Å²) in [5.74, 6) is -0.448. The Bertz CT molecular complexity index is 621. The number of amides is 1. The number of nitrogens with zero attached hydrogens (tertiary/aromatic N) is 1. The number of phenolic OH excluding ortho intramolecular Hbond substituents is 1. The molecule has 1 atom stereocenters. The second kappa shape index (κ2) is 4.30. The number of hydrogen-bond acceptors (Lipinski definition) is 3. The highest BCUT2D eigenvalue weighted by Gasteiger charge is 2.46. The lowest BCUT2D eigenvalue weighted by atomic mass is 9.77. The summed E-state index contributed by atoms with van der Waals surface area (Å²) in [5, 5.41) is 21.5. The molecule has 0 radical (unpaired) electrons. The number of rotatable bonds is 1. The Morgan fingerprint density at radius 1 is 1.56 bits per heavy atom. The van der Waals surface area contributed by atoms with E-state index in [1.807, 2.05) is 6.07 Å². The fourth-order valence-electron chi connectivity index (χ4n) is 1.88. The minimum absolute atomic E-state index is 0.122. The fraction of sp³-hybridized carbons (Fsp3) is 0.167. The van der Waals surface area contributed by atoms with Gasteiger partial charge in [0.2, 0.25) is 5.91 Å². The Morgan fingerprint density at radius 2 is 2.22 bits per heavy atom. The molecule has 1 aromatic carbocycles. The Labute approximate surface area is 117 Å². The van der Waals surface area contributed by atoms with Crippen LogP contribution in [-0.2, 0) is 10.2 Å². The summed E-state index contributed by atoms with van der Waals surface area (Å²) in [6, 6.07) is 6.50. The van der Waals surface area contributed by atoms with E-state index in [2.05, 4.69) is 21.2 Å². The highest BCUT2D eigenvalue weighted by atomic mass is 79.9. The van der Waals surface area contributed by atoms with Crippen molar-refractivity contribution < 1.29 is 9.90 Å². The van der Waals surface area contributed by atoms with Crippen molar-refractivity contribution in [3.63, 3.8) is 0 Å². The molecule has 18 heavy (non-hydrogen) atoms. The van der Waals surface area contributed by atoms with Crippen LogP contribution in [0.25, 0.3) is 0 Å². The van der Waals surface area contributed by atoms with Crippen LogP contribution in [0.4, 0.5) is 0 Å². The summed E-state index contributed by atoms with van der Waals surface area (Å²) in [5.41, 5.74) is -0.350. The van der Waals surface area contributed by atoms with E-state index in [-0.39, 0.29) is 22.3 Å². The average molecular weight is 328 g/mol. The minimum Gasteiger partial charge on any atom is -0.506 e. The van der Waals surface area contributed by atoms with E-state index in [1.54, 1.807) is 13.0 Å². The molecule has 0 spiro atoms. The van der Waals surface area contributed by atoms with Crippen molar-refractivity contribution in [1.29, 1.82) is 5.26 Å². The maximum absolute atomic E-state index is 12.0. The molecule has 92 valence electrons. The third-order valence-corrected chi connectivity index (χ3v) is 3.95. The van der Waals surface area contributed by atoms with Crippen molar-refractivity contribution in [2.45, 2.75) is 12.3 Å². The standard InChI is InChI=1S/C12H8BrClN2O2/c1-12(6-2-3-8(14)9(17)4-6)7(5-15)10(13)16-11(12)18/h2-4,17H,1H3,(H,16,18). The zero-order valence-electron chi connectivity index (χ0n) is 9.29. The first kappa shape index (κ1) is 12.9. The molecule has 2 rings (SSSR count). The van der Waals surface area contributed by atoms with Crippen LogP contribution < -0.4 is 5.32 Å². The van der Waals surface area contributed by atoms with Gasteiger partial charge in [-0.05, 0) is 40.5 Å². The molecule has 0 saturated heterocycles. The lowest BCUT2D eigenvalue weighted by Crippen LogP contribution is -2.35. The summed E-state index contributed by atoms with van der Waals surface area (Å²) >= 11 is 8.88. The minimum atomic E-state index is -1.13. The molecular weight excluding hydrogens is 320 g/mol. The van der Waals surface area contributed by atoms with Crippen molar-refractivity contribution in [3.05, 3.63) is 39.0 Å². The molecule has 1 aliphatic heterocycles. The number of nitriles is 1. The van der Waals surface area contributed by atoms with Gasteiger partial charge in [0.05, 0.1) is 21.3 Å². The van der Waals surface area contributed by atoms with Crippen molar-refractivity contribution in [2.75, 3.05) is 0 Å². The summed E-state index contributed by atoms with van der Waals surface area (Å²) in [6.45, 7) is 1.62. The van der Waals surface area contributed by atoms with Gasteiger partial charge in [0, 0.05) is 0 Å². The molecule has 4 nitrogen and oxygen atoms in total. The van der Waals surface area contributed by atoms with E-state index in [0.29, 0.717) is 10.2 Å². The average Bonchev–Trinajstić information content (AvgIpc) is 2.54. The van der Waals surface area contributed by atoms with Gasteiger partial charge < -0.3 is 10.4 Å². The van der Waals surface area contributed by atoms with Gasteiger partial charge in [-0.2, -0.15) is 5.26 Å². The van der Waals surface area contributed by atoms with E-state index >= 15 is 0 Å². The van der Waals surface area contributed by atoms with Crippen LogP contribution in [0.1, 0.15) is 12.5 Å². The van der Waals surface area contributed by atoms with Crippen LogP contribution in [0.15, 0.2) is 28.4 Å². The van der Waals surface area contributed by atoms with Crippen LogP contribution in [0.3, 0.4) is 0 Å². The van der Waals surface area contributed by atoms with Crippen LogP contribution in [-0.4, -0.2) is 11.0 Å². The summed E-state index contributed by atoms with van der Waals surface area (Å²) < 4.78 is 0.354. The Hall–Kier alpha value is -1.51. The molecule has 1 aromatic rings. The first-order chi connectivity index (χ1) is 8.41. The molecule has 1 aliphatic rings. The molecule has 0 fully saturated rings. The number of nitrogens with one attached hydrogen (secondary N) is 1. The molecule has 1 heterocycles. The summed E-state index contributed by atoms with van der Waals surface area (Å²) in [7, 11) is 0. The third-order valence-electron chi connectivity index (χ3n) is 3.03. The third kappa shape index (κ3) is 1.69. The summed E-state index contributed by atoms with van der Waals surface area (Å²) in [6.07, 6.45) is 0. The number of carbonyl (C=O) groups excluding carboxylic acids is 1. The molecule has 6 heteroatoms. The Kier molecular flexibility index (Phi) is 3.09. The number of phenols is 1. The second-order valence-electron chi connectivity index (χ2n) is 4.05. The Morgan fingerprint density at radius 3 is 2.78 bits per heavy atom. The summed E-state index contributed by atoms with van der Waals surface area (Å²) in [4.78, 5) is 12.0. The lowest BCUT2D eigenvalue weighted by Gasteiger charge is -2.22. The zero-order chi connectivity index (χ0) is 13.5. The quantitative estimate of drug-likeness (QED) is 0.779.